The molecular weight excluding hydrogens is 348 g/mol. The Morgan fingerprint density at radius 1 is 1.18 bits per heavy atom. The summed E-state index contributed by atoms with van der Waals surface area (Å²) in [6.45, 7) is 2.03. The first kappa shape index (κ1) is 12.3. The van der Waals surface area contributed by atoms with E-state index in [0.29, 0.717) is 16.4 Å². The van der Waals surface area contributed by atoms with Crippen LogP contribution in [0.4, 0.5) is 17.5 Å². The van der Waals surface area contributed by atoms with Gasteiger partial charge in [-0.1, -0.05) is 22.0 Å². The van der Waals surface area contributed by atoms with Crippen LogP contribution in [0.2, 0.25) is 0 Å². The summed E-state index contributed by atoms with van der Waals surface area (Å²) < 4.78 is 1.68. The van der Waals surface area contributed by atoms with Gasteiger partial charge in [0.05, 0.1) is 0 Å². The van der Waals surface area contributed by atoms with Crippen molar-refractivity contribution in [3.05, 3.63) is 38.9 Å². The highest BCUT2D eigenvalue weighted by Crippen LogP contribution is 2.23. The van der Waals surface area contributed by atoms with Crippen LogP contribution in [0.15, 0.2) is 33.3 Å². The first-order valence-corrected chi connectivity index (χ1v) is 6.46. The fourth-order valence-corrected chi connectivity index (χ4v) is 2.07. The number of halogens is 2. The molecule has 0 aliphatic heterocycles. The van der Waals surface area contributed by atoms with E-state index in [0.717, 1.165) is 10.2 Å². The van der Waals surface area contributed by atoms with Gasteiger partial charge < -0.3 is 11.1 Å². The number of aryl methyl sites for hydroxylation is 1. The third-order valence-corrected chi connectivity index (χ3v) is 3.40. The average molecular weight is 358 g/mol. The van der Waals surface area contributed by atoms with Gasteiger partial charge in [-0.3, -0.25) is 0 Å². The van der Waals surface area contributed by atoms with Gasteiger partial charge in [0.1, 0.15) is 10.4 Å². The highest BCUT2D eigenvalue weighted by atomic mass is 79.9. The highest BCUT2D eigenvalue weighted by molar-refractivity contribution is 9.10. The smallest absolute Gasteiger partial charge is 0.230 e. The Morgan fingerprint density at radius 3 is 2.59 bits per heavy atom. The maximum Gasteiger partial charge on any atom is 0.230 e. The number of hydrogen-bond acceptors (Lipinski definition) is 4. The van der Waals surface area contributed by atoms with Crippen molar-refractivity contribution in [2.24, 2.45) is 0 Å². The van der Waals surface area contributed by atoms with Crippen LogP contribution in [-0.2, 0) is 0 Å². The molecular formula is C11H10Br2N4. The average Bonchev–Trinajstić information content (AvgIpc) is 2.22. The maximum atomic E-state index is 5.64. The highest BCUT2D eigenvalue weighted by Gasteiger charge is 2.02. The van der Waals surface area contributed by atoms with E-state index in [1.807, 2.05) is 25.1 Å². The van der Waals surface area contributed by atoms with E-state index < -0.39 is 0 Å². The lowest BCUT2D eigenvalue weighted by Gasteiger charge is -2.07. The molecule has 0 fully saturated rings. The zero-order valence-electron chi connectivity index (χ0n) is 9.04. The molecule has 1 aromatic heterocycles. The Labute approximate surface area is 116 Å². The Kier molecular flexibility index (Phi) is 3.63. The van der Waals surface area contributed by atoms with E-state index in [1.165, 1.54) is 5.56 Å². The molecule has 0 radical (unpaired) electrons. The lowest BCUT2D eigenvalue weighted by atomic mass is 10.2. The van der Waals surface area contributed by atoms with Crippen molar-refractivity contribution in [1.29, 1.82) is 0 Å². The zero-order valence-corrected chi connectivity index (χ0v) is 12.2. The number of nitrogen functional groups attached to an aromatic ring is 1. The normalized spacial score (nSPS) is 10.3. The molecule has 0 saturated heterocycles. The van der Waals surface area contributed by atoms with E-state index in [-0.39, 0.29) is 0 Å². The summed E-state index contributed by atoms with van der Waals surface area (Å²) in [7, 11) is 0. The van der Waals surface area contributed by atoms with Gasteiger partial charge in [0.2, 0.25) is 5.95 Å². The van der Waals surface area contributed by atoms with E-state index in [2.05, 4.69) is 47.1 Å². The van der Waals surface area contributed by atoms with Gasteiger partial charge in [0, 0.05) is 16.2 Å². The predicted octanol–water partition coefficient (Wildman–Crippen LogP) is 3.64. The van der Waals surface area contributed by atoms with Gasteiger partial charge in [-0.2, -0.15) is 4.98 Å². The summed E-state index contributed by atoms with van der Waals surface area (Å²) in [5.41, 5.74) is 7.71. The molecule has 0 aliphatic carbocycles. The van der Waals surface area contributed by atoms with Crippen LogP contribution in [0, 0.1) is 6.92 Å². The second-order valence-corrected chi connectivity index (χ2v) is 5.19. The molecule has 0 unspecified atom stereocenters. The molecule has 17 heavy (non-hydrogen) atoms. The van der Waals surface area contributed by atoms with Gasteiger partial charge in [-0.05, 0) is 40.5 Å². The van der Waals surface area contributed by atoms with Crippen LogP contribution in [-0.4, -0.2) is 9.97 Å². The van der Waals surface area contributed by atoms with E-state index >= 15 is 0 Å². The summed E-state index contributed by atoms with van der Waals surface area (Å²) in [6.07, 6.45) is 0. The number of nitrogens with one attached hydrogen (secondary N) is 1. The van der Waals surface area contributed by atoms with Crippen molar-refractivity contribution < 1.29 is 0 Å². The fourth-order valence-electron chi connectivity index (χ4n) is 1.29. The minimum absolute atomic E-state index is 0.417. The van der Waals surface area contributed by atoms with Crippen molar-refractivity contribution in [3.63, 3.8) is 0 Å². The standard InChI is InChI=1S/C11H10Br2N4/c1-6-2-3-7(4-8(6)12)15-11-16-9(13)5-10(14)17-11/h2-5H,1H3,(H3,14,15,16,17). The number of aromatic nitrogens is 2. The summed E-state index contributed by atoms with van der Waals surface area (Å²) in [5.74, 6) is 0.883. The van der Waals surface area contributed by atoms with Crippen molar-refractivity contribution >= 4 is 49.3 Å². The Bertz CT molecular complexity index is 537. The van der Waals surface area contributed by atoms with E-state index in [9.17, 15) is 0 Å². The zero-order chi connectivity index (χ0) is 12.4. The Balaban J connectivity index is 2.28. The number of benzene rings is 1. The SMILES string of the molecule is Cc1ccc(Nc2nc(N)cc(Br)n2)cc1Br. The summed E-state index contributed by atoms with van der Waals surface area (Å²) in [4.78, 5) is 8.27. The maximum absolute atomic E-state index is 5.64. The summed E-state index contributed by atoms with van der Waals surface area (Å²) in [6, 6.07) is 7.58. The first-order chi connectivity index (χ1) is 8.04. The quantitative estimate of drug-likeness (QED) is 0.805. The first-order valence-electron chi connectivity index (χ1n) is 4.88. The molecule has 1 aromatic carbocycles. The molecule has 0 bridgehead atoms. The number of nitrogens with two attached hydrogens (primary N) is 1. The third kappa shape index (κ3) is 3.17. The van der Waals surface area contributed by atoms with Gasteiger partial charge >= 0.3 is 0 Å². The van der Waals surface area contributed by atoms with Crippen LogP contribution in [0.25, 0.3) is 0 Å². The van der Waals surface area contributed by atoms with Gasteiger partial charge in [-0.25, -0.2) is 4.98 Å². The van der Waals surface area contributed by atoms with E-state index in [1.54, 1.807) is 6.07 Å². The number of hydrogen-bond donors (Lipinski definition) is 2. The lowest BCUT2D eigenvalue weighted by molar-refractivity contribution is 1.15. The molecule has 6 heteroatoms. The second-order valence-electron chi connectivity index (χ2n) is 3.53. The molecule has 0 amide bonds. The lowest BCUT2D eigenvalue weighted by Crippen LogP contribution is -2.00. The predicted molar refractivity (Wildman–Crippen MR) is 76.3 cm³/mol. The van der Waals surface area contributed by atoms with Gasteiger partial charge in [0.15, 0.2) is 0 Å². The molecule has 0 atom stereocenters. The van der Waals surface area contributed by atoms with Crippen LogP contribution < -0.4 is 11.1 Å². The monoisotopic (exact) mass is 356 g/mol. The molecule has 0 saturated carbocycles. The molecule has 2 aromatic rings. The largest absolute Gasteiger partial charge is 0.383 e. The Hall–Kier alpha value is -1.14. The van der Waals surface area contributed by atoms with Crippen LogP contribution in [0.1, 0.15) is 5.56 Å². The summed E-state index contributed by atoms with van der Waals surface area (Å²) >= 11 is 6.75. The number of anilines is 3. The molecule has 0 aliphatic rings. The van der Waals surface area contributed by atoms with Crippen LogP contribution in [0.3, 0.4) is 0 Å². The van der Waals surface area contributed by atoms with Crippen LogP contribution in [0.5, 0.6) is 0 Å². The van der Waals surface area contributed by atoms with Crippen molar-refractivity contribution in [2.75, 3.05) is 11.1 Å². The molecule has 3 N–H and O–H groups in total. The minimum Gasteiger partial charge on any atom is -0.383 e. The van der Waals surface area contributed by atoms with Crippen molar-refractivity contribution in [2.45, 2.75) is 6.92 Å². The number of nitrogens with zero attached hydrogens (tertiary/aromatic N) is 2. The van der Waals surface area contributed by atoms with Crippen LogP contribution >= 0.6 is 31.9 Å². The second kappa shape index (κ2) is 5.01. The summed E-state index contributed by atoms with van der Waals surface area (Å²) in [5, 5.41) is 3.09. The molecule has 88 valence electrons. The Morgan fingerprint density at radius 2 is 1.94 bits per heavy atom. The van der Waals surface area contributed by atoms with Gasteiger partial charge in [-0.15, -0.1) is 0 Å². The number of rotatable bonds is 2. The van der Waals surface area contributed by atoms with Gasteiger partial charge in [0.25, 0.3) is 0 Å². The van der Waals surface area contributed by atoms with Crippen molar-refractivity contribution in [3.8, 4) is 0 Å². The molecule has 0 spiro atoms. The molecule has 4 nitrogen and oxygen atoms in total. The van der Waals surface area contributed by atoms with E-state index in [4.69, 9.17) is 5.73 Å². The molecule has 2 rings (SSSR count). The molecule has 1 heterocycles. The van der Waals surface area contributed by atoms with Crippen molar-refractivity contribution in [1.82, 2.24) is 9.97 Å². The minimum atomic E-state index is 0.417. The topological polar surface area (TPSA) is 63.8 Å². The third-order valence-electron chi connectivity index (χ3n) is 2.14. The fraction of sp³-hybridized carbons (Fsp3) is 0.0909.